The zero-order valence-corrected chi connectivity index (χ0v) is 14.8. The Bertz CT molecular complexity index is 965. The molecule has 9 heteroatoms. The number of rotatable bonds is 4. The van der Waals surface area contributed by atoms with Crippen molar-refractivity contribution in [2.75, 3.05) is 18.1 Å². The second-order valence-corrected chi connectivity index (χ2v) is 7.17. The van der Waals surface area contributed by atoms with Crippen molar-refractivity contribution in [3.05, 3.63) is 41.7 Å². The van der Waals surface area contributed by atoms with Gasteiger partial charge in [0.05, 0.1) is 17.3 Å². The summed E-state index contributed by atoms with van der Waals surface area (Å²) in [6, 6.07) is 3.62. The van der Waals surface area contributed by atoms with Crippen LogP contribution in [0.4, 0.5) is 13.9 Å². The van der Waals surface area contributed by atoms with Crippen LogP contribution in [0.2, 0.25) is 0 Å². The highest BCUT2D eigenvalue weighted by atomic mass is 32.1. The zero-order chi connectivity index (χ0) is 18.3. The fraction of sp³-hybridized carbons (Fsp3) is 0.353. The maximum atomic E-state index is 14.0. The summed E-state index contributed by atoms with van der Waals surface area (Å²) in [7, 11) is 1.72. The van der Waals surface area contributed by atoms with E-state index in [4.69, 9.17) is 4.74 Å². The lowest BCUT2D eigenvalue weighted by Gasteiger charge is -2.22. The molecule has 1 aromatic carbocycles. The molecular formula is C17H16F2N4O2S. The molecule has 2 aromatic heterocycles. The van der Waals surface area contributed by atoms with Crippen molar-refractivity contribution < 1.29 is 18.3 Å². The number of nitrogens with zero attached hydrogens (tertiary/aromatic N) is 4. The number of thiazole rings is 1. The normalized spacial score (nSPS) is 17.1. The largest absolute Gasteiger partial charge is 0.376 e. The maximum Gasteiger partial charge on any atom is 0.280 e. The minimum atomic E-state index is -0.746. The van der Waals surface area contributed by atoms with Crippen molar-refractivity contribution in [1.82, 2.24) is 14.8 Å². The van der Waals surface area contributed by atoms with Crippen LogP contribution in [0.25, 0.3) is 10.2 Å². The van der Waals surface area contributed by atoms with Crippen LogP contribution in [-0.2, 0) is 11.8 Å². The third-order valence-electron chi connectivity index (χ3n) is 4.22. The Balaban J connectivity index is 1.74. The number of benzene rings is 1. The topological polar surface area (TPSA) is 60.2 Å². The molecule has 3 heterocycles. The van der Waals surface area contributed by atoms with Crippen LogP contribution in [0, 0.1) is 11.6 Å². The summed E-state index contributed by atoms with van der Waals surface area (Å²) in [4.78, 5) is 18.7. The highest BCUT2D eigenvalue weighted by molar-refractivity contribution is 7.22. The summed E-state index contributed by atoms with van der Waals surface area (Å²) in [5, 5.41) is 4.45. The molecule has 1 aliphatic heterocycles. The molecule has 0 saturated carbocycles. The summed E-state index contributed by atoms with van der Waals surface area (Å²) in [5.41, 5.74) is 0.314. The van der Waals surface area contributed by atoms with E-state index in [2.05, 4.69) is 10.1 Å². The molecule has 0 unspecified atom stereocenters. The van der Waals surface area contributed by atoms with E-state index in [-0.39, 0.29) is 23.2 Å². The van der Waals surface area contributed by atoms with Gasteiger partial charge in [-0.2, -0.15) is 5.10 Å². The van der Waals surface area contributed by atoms with E-state index in [1.165, 1.54) is 15.6 Å². The lowest BCUT2D eigenvalue weighted by atomic mass is 10.2. The Labute approximate surface area is 152 Å². The van der Waals surface area contributed by atoms with Crippen LogP contribution >= 0.6 is 11.3 Å². The van der Waals surface area contributed by atoms with Gasteiger partial charge in [0.1, 0.15) is 11.3 Å². The first-order chi connectivity index (χ1) is 12.5. The molecule has 0 radical (unpaired) electrons. The number of carbonyl (C=O) groups is 1. The van der Waals surface area contributed by atoms with Crippen molar-refractivity contribution in [1.29, 1.82) is 0 Å². The predicted octanol–water partition coefficient (Wildman–Crippen LogP) is 3.13. The molecule has 6 nitrogen and oxygen atoms in total. The van der Waals surface area contributed by atoms with Gasteiger partial charge < -0.3 is 4.74 Å². The minimum Gasteiger partial charge on any atom is -0.376 e. The Kier molecular flexibility index (Phi) is 4.41. The van der Waals surface area contributed by atoms with Gasteiger partial charge in [0.2, 0.25) is 0 Å². The molecule has 26 heavy (non-hydrogen) atoms. The van der Waals surface area contributed by atoms with Crippen LogP contribution in [-0.4, -0.2) is 39.9 Å². The fourth-order valence-electron chi connectivity index (χ4n) is 2.97. The number of hydrogen-bond donors (Lipinski definition) is 0. The monoisotopic (exact) mass is 378 g/mol. The first kappa shape index (κ1) is 17.0. The standard InChI is InChI=1S/C17H16F2N4O2S/c1-22-5-4-13(21-22)16(24)23(9-11-3-2-6-25-11)17-20-15-12(19)7-10(18)8-14(15)26-17/h4-5,7-8,11H,2-3,6,9H2,1H3/t11-/m1/s1. The number of carbonyl (C=O) groups excluding carboxylic acids is 1. The molecule has 1 aliphatic rings. The minimum absolute atomic E-state index is 0.0533. The van der Waals surface area contributed by atoms with E-state index >= 15 is 0 Å². The summed E-state index contributed by atoms with van der Waals surface area (Å²) in [5.74, 6) is -1.77. The molecule has 3 aromatic rings. The summed E-state index contributed by atoms with van der Waals surface area (Å²) < 4.78 is 35.0. The van der Waals surface area contributed by atoms with Crippen LogP contribution in [0.15, 0.2) is 24.4 Å². The first-order valence-electron chi connectivity index (χ1n) is 8.20. The van der Waals surface area contributed by atoms with Gasteiger partial charge in [-0.1, -0.05) is 11.3 Å². The zero-order valence-electron chi connectivity index (χ0n) is 14.0. The van der Waals surface area contributed by atoms with Crippen LogP contribution in [0.3, 0.4) is 0 Å². The third-order valence-corrected chi connectivity index (χ3v) is 5.25. The van der Waals surface area contributed by atoms with Gasteiger partial charge in [-0.15, -0.1) is 0 Å². The lowest BCUT2D eigenvalue weighted by molar-refractivity contribution is 0.0913. The molecule has 1 amide bonds. The van der Waals surface area contributed by atoms with Gasteiger partial charge in [-0.3, -0.25) is 14.4 Å². The highest BCUT2D eigenvalue weighted by Gasteiger charge is 2.28. The molecule has 1 saturated heterocycles. The molecule has 0 N–H and O–H groups in total. The quantitative estimate of drug-likeness (QED) is 0.700. The number of hydrogen-bond acceptors (Lipinski definition) is 5. The Hall–Kier alpha value is -2.39. The van der Waals surface area contributed by atoms with Crippen LogP contribution in [0.1, 0.15) is 23.3 Å². The van der Waals surface area contributed by atoms with Crippen LogP contribution < -0.4 is 4.90 Å². The smallest absolute Gasteiger partial charge is 0.280 e. The van der Waals surface area contributed by atoms with E-state index < -0.39 is 11.6 Å². The van der Waals surface area contributed by atoms with Gasteiger partial charge in [0, 0.05) is 25.9 Å². The average Bonchev–Trinajstić information content (AvgIpc) is 3.32. The van der Waals surface area contributed by atoms with Crippen molar-refractivity contribution in [3.8, 4) is 0 Å². The fourth-order valence-corrected chi connectivity index (χ4v) is 3.98. The van der Waals surface area contributed by atoms with Crippen molar-refractivity contribution in [2.24, 2.45) is 7.05 Å². The number of anilines is 1. The Morgan fingerprint density at radius 3 is 3.00 bits per heavy atom. The second kappa shape index (κ2) is 6.73. The third kappa shape index (κ3) is 3.19. The Morgan fingerprint density at radius 1 is 1.46 bits per heavy atom. The van der Waals surface area contributed by atoms with E-state index in [9.17, 15) is 13.6 Å². The molecule has 0 aliphatic carbocycles. The number of halogens is 2. The molecule has 1 fully saturated rings. The molecular weight excluding hydrogens is 362 g/mol. The molecule has 1 atom stereocenters. The van der Waals surface area contributed by atoms with Crippen molar-refractivity contribution in [2.45, 2.75) is 18.9 Å². The van der Waals surface area contributed by atoms with E-state index in [1.807, 2.05) is 0 Å². The van der Waals surface area contributed by atoms with Crippen LogP contribution in [0.5, 0.6) is 0 Å². The number of aryl methyl sites for hydroxylation is 1. The van der Waals surface area contributed by atoms with Gasteiger partial charge in [0.15, 0.2) is 16.6 Å². The molecule has 4 rings (SSSR count). The number of amides is 1. The number of ether oxygens (including phenoxy) is 1. The predicted molar refractivity (Wildman–Crippen MR) is 93.4 cm³/mol. The van der Waals surface area contributed by atoms with E-state index in [0.717, 1.165) is 30.2 Å². The molecule has 0 spiro atoms. The first-order valence-corrected chi connectivity index (χ1v) is 9.01. The lowest BCUT2D eigenvalue weighted by Crippen LogP contribution is -2.37. The van der Waals surface area contributed by atoms with Gasteiger partial charge in [-0.05, 0) is 25.0 Å². The summed E-state index contributed by atoms with van der Waals surface area (Å²) in [6.45, 7) is 0.940. The molecule has 0 bridgehead atoms. The van der Waals surface area contributed by atoms with E-state index in [1.54, 1.807) is 19.3 Å². The average molecular weight is 378 g/mol. The van der Waals surface area contributed by atoms with Gasteiger partial charge >= 0.3 is 0 Å². The maximum absolute atomic E-state index is 14.0. The summed E-state index contributed by atoms with van der Waals surface area (Å²) >= 11 is 1.07. The van der Waals surface area contributed by atoms with E-state index in [0.29, 0.717) is 23.0 Å². The number of aromatic nitrogens is 3. The van der Waals surface area contributed by atoms with Crippen molar-refractivity contribution in [3.63, 3.8) is 0 Å². The molecule has 136 valence electrons. The van der Waals surface area contributed by atoms with Gasteiger partial charge in [0.25, 0.3) is 5.91 Å². The SMILES string of the molecule is Cn1ccc(C(=O)N(C[C@H]2CCCO2)c2nc3c(F)cc(F)cc3s2)n1. The highest BCUT2D eigenvalue weighted by Crippen LogP contribution is 2.32. The van der Waals surface area contributed by atoms with Crippen molar-refractivity contribution >= 4 is 32.6 Å². The van der Waals surface area contributed by atoms with Gasteiger partial charge in [-0.25, -0.2) is 13.8 Å². The summed E-state index contributed by atoms with van der Waals surface area (Å²) in [6.07, 6.45) is 3.32. The Morgan fingerprint density at radius 2 is 2.31 bits per heavy atom. The number of fused-ring (bicyclic) bond motifs is 1. The second-order valence-electron chi connectivity index (χ2n) is 6.16.